The van der Waals surface area contributed by atoms with Gasteiger partial charge in [-0.15, -0.1) is 0 Å². The van der Waals surface area contributed by atoms with Crippen LogP contribution in [0.2, 0.25) is 0 Å². The molecule has 0 aromatic heterocycles. The van der Waals surface area contributed by atoms with Crippen LogP contribution < -0.4 is 10.1 Å². The molecule has 2 rings (SSSR count). The van der Waals surface area contributed by atoms with Crippen LogP contribution >= 0.6 is 0 Å². The number of aliphatic hydroxyl groups is 1. The van der Waals surface area contributed by atoms with E-state index in [-0.39, 0.29) is 5.91 Å². The lowest BCUT2D eigenvalue weighted by molar-refractivity contribution is -0.143. The van der Waals surface area contributed by atoms with Crippen molar-refractivity contribution in [2.75, 3.05) is 13.7 Å². The summed E-state index contributed by atoms with van der Waals surface area (Å²) in [5.74, 6) is -1.03. The number of aliphatic hydroxyl groups excluding tert-OH is 1. The minimum atomic E-state index is -1.28. The van der Waals surface area contributed by atoms with E-state index in [4.69, 9.17) is 14.9 Å². The largest absolute Gasteiger partial charge is 0.496 e. The molecular formula is C14H17NO5. The minimum Gasteiger partial charge on any atom is -0.496 e. The summed E-state index contributed by atoms with van der Waals surface area (Å²) in [5.41, 5.74) is 0.0113. The molecule has 1 aromatic rings. The third kappa shape index (κ3) is 2.46. The molecule has 1 amide bonds. The van der Waals surface area contributed by atoms with Crippen LogP contribution in [0.3, 0.4) is 0 Å². The molecule has 1 atom stereocenters. The van der Waals surface area contributed by atoms with Gasteiger partial charge in [0.25, 0.3) is 0 Å². The summed E-state index contributed by atoms with van der Waals surface area (Å²) in [6.45, 7) is -0.636. The van der Waals surface area contributed by atoms with Crippen LogP contribution in [0.4, 0.5) is 0 Å². The van der Waals surface area contributed by atoms with Crippen molar-refractivity contribution in [3.63, 3.8) is 0 Å². The molecule has 0 aliphatic heterocycles. The van der Waals surface area contributed by atoms with E-state index < -0.39 is 24.0 Å². The van der Waals surface area contributed by atoms with Gasteiger partial charge in [-0.1, -0.05) is 18.2 Å². The molecule has 1 fully saturated rings. The molecular weight excluding hydrogens is 262 g/mol. The average molecular weight is 279 g/mol. The number of hydrogen-bond acceptors (Lipinski definition) is 4. The van der Waals surface area contributed by atoms with E-state index in [1.54, 1.807) is 12.1 Å². The maximum atomic E-state index is 12.3. The summed E-state index contributed by atoms with van der Waals surface area (Å²) in [6, 6.07) is 5.91. The Morgan fingerprint density at radius 2 is 2.05 bits per heavy atom. The SMILES string of the molecule is COc1ccccc1C1(C(=O)NC(CO)C(=O)O)CC1. The molecule has 6 nitrogen and oxygen atoms in total. The van der Waals surface area contributed by atoms with Crippen molar-refractivity contribution in [1.82, 2.24) is 5.32 Å². The number of nitrogens with one attached hydrogen (secondary N) is 1. The maximum Gasteiger partial charge on any atom is 0.328 e. The predicted octanol–water partition coefficient (Wildman–Crippen LogP) is 0.288. The van der Waals surface area contributed by atoms with Gasteiger partial charge in [0.2, 0.25) is 5.91 Å². The number of carboxylic acid groups (broad SMARTS) is 1. The Kier molecular flexibility index (Phi) is 3.94. The molecule has 1 unspecified atom stereocenters. The van der Waals surface area contributed by atoms with Crippen molar-refractivity contribution in [3.8, 4) is 5.75 Å². The van der Waals surface area contributed by atoms with E-state index in [1.165, 1.54) is 7.11 Å². The van der Waals surface area contributed by atoms with Gasteiger partial charge in [-0.05, 0) is 18.9 Å². The van der Waals surface area contributed by atoms with E-state index >= 15 is 0 Å². The van der Waals surface area contributed by atoms with Crippen LogP contribution in [0.5, 0.6) is 5.75 Å². The number of amides is 1. The molecule has 1 saturated carbocycles. The highest BCUT2D eigenvalue weighted by Gasteiger charge is 2.53. The average Bonchev–Trinajstić information content (AvgIpc) is 3.25. The monoisotopic (exact) mass is 279 g/mol. The highest BCUT2D eigenvalue weighted by atomic mass is 16.5. The molecule has 108 valence electrons. The predicted molar refractivity (Wildman–Crippen MR) is 70.6 cm³/mol. The van der Waals surface area contributed by atoms with Crippen LogP contribution in [0, 0.1) is 0 Å². The summed E-state index contributed by atoms with van der Waals surface area (Å²) in [6.07, 6.45) is 1.27. The Hall–Kier alpha value is -2.08. The summed E-state index contributed by atoms with van der Waals surface area (Å²) in [4.78, 5) is 23.2. The van der Waals surface area contributed by atoms with Crippen LogP contribution in [0.1, 0.15) is 18.4 Å². The van der Waals surface area contributed by atoms with Gasteiger partial charge in [-0.3, -0.25) is 4.79 Å². The van der Waals surface area contributed by atoms with Crippen molar-refractivity contribution in [2.24, 2.45) is 0 Å². The quantitative estimate of drug-likeness (QED) is 0.695. The van der Waals surface area contributed by atoms with E-state index in [2.05, 4.69) is 5.32 Å². The van der Waals surface area contributed by atoms with Crippen LogP contribution in [-0.4, -0.2) is 41.8 Å². The van der Waals surface area contributed by atoms with Gasteiger partial charge in [0.05, 0.1) is 19.1 Å². The second-order valence-corrected chi connectivity index (χ2v) is 4.83. The topological polar surface area (TPSA) is 95.9 Å². The van der Waals surface area contributed by atoms with Gasteiger partial charge in [0.15, 0.2) is 0 Å². The molecule has 1 aliphatic rings. The number of para-hydroxylation sites is 1. The lowest BCUT2D eigenvalue weighted by Gasteiger charge is -2.20. The smallest absolute Gasteiger partial charge is 0.328 e. The highest BCUT2D eigenvalue weighted by Crippen LogP contribution is 2.51. The van der Waals surface area contributed by atoms with E-state index in [0.29, 0.717) is 18.6 Å². The van der Waals surface area contributed by atoms with Crippen molar-refractivity contribution < 1.29 is 24.5 Å². The summed E-state index contributed by atoms with van der Waals surface area (Å²) in [5, 5.41) is 20.2. The van der Waals surface area contributed by atoms with Gasteiger partial charge < -0.3 is 20.3 Å². The van der Waals surface area contributed by atoms with Gasteiger partial charge in [0.1, 0.15) is 11.8 Å². The maximum absolute atomic E-state index is 12.3. The lowest BCUT2D eigenvalue weighted by Crippen LogP contribution is -2.47. The van der Waals surface area contributed by atoms with Gasteiger partial charge in [-0.25, -0.2) is 4.79 Å². The van der Waals surface area contributed by atoms with Crippen LogP contribution in [0.25, 0.3) is 0 Å². The second-order valence-electron chi connectivity index (χ2n) is 4.83. The molecule has 0 radical (unpaired) electrons. The van der Waals surface area contributed by atoms with Crippen LogP contribution in [0.15, 0.2) is 24.3 Å². The number of benzene rings is 1. The molecule has 0 bridgehead atoms. The molecule has 20 heavy (non-hydrogen) atoms. The Bertz CT molecular complexity index is 524. The van der Waals surface area contributed by atoms with Gasteiger partial charge in [0, 0.05) is 5.56 Å². The van der Waals surface area contributed by atoms with Crippen LogP contribution in [-0.2, 0) is 15.0 Å². The first kappa shape index (κ1) is 14.3. The molecule has 1 aromatic carbocycles. The van der Waals surface area contributed by atoms with Crippen molar-refractivity contribution in [3.05, 3.63) is 29.8 Å². The van der Waals surface area contributed by atoms with Gasteiger partial charge in [-0.2, -0.15) is 0 Å². The lowest BCUT2D eigenvalue weighted by atomic mass is 9.93. The number of carbonyl (C=O) groups excluding carboxylic acids is 1. The zero-order chi connectivity index (χ0) is 14.8. The number of ether oxygens (including phenoxy) is 1. The number of carboxylic acids is 1. The van der Waals surface area contributed by atoms with Gasteiger partial charge >= 0.3 is 5.97 Å². The van der Waals surface area contributed by atoms with Crippen molar-refractivity contribution >= 4 is 11.9 Å². The number of methoxy groups -OCH3 is 1. The molecule has 0 saturated heterocycles. The molecule has 6 heteroatoms. The van der Waals surface area contributed by atoms with E-state index in [1.807, 2.05) is 12.1 Å². The Balaban J connectivity index is 2.23. The summed E-state index contributed by atoms with van der Waals surface area (Å²) < 4.78 is 5.25. The third-order valence-corrected chi connectivity index (χ3v) is 3.59. The Morgan fingerprint density at radius 3 is 2.55 bits per heavy atom. The molecule has 0 heterocycles. The van der Waals surface area contributed by atoms with E-state index in [9.17, 15) is 9.59 Å². The molecule has 0 spiro atoms. The molecule has 1 aliphatic carbocycles. The number of rotatable bonds is 6. The number of carbonyl (C=O) groups is 2. The highest BCUT2D eigenvalue weighted by molar-refractivity contribution is 5.94. The minimum absolute atomic E-state index is 0.386. The van der Waals surface area contributed by atoms with E-state index in [0.717, 1.165) is 5.56 Å². The summed E-state index contributed by atoms with van der Waals surface area (Å²) >= 11 is 0. The van der Waals surface area contributed by atoms with Crippen molar-refractivity contribution in [1.29, 1.82) is 0 Å². The van der Waals surface area contributed by atoms with Crippen molar-refractivity contribution in [2.45, 2.75) is 24.3 Å². The Morgan fingerprint density at radius 1 is 1.40 bits per heavy atom. The zero-order valence-corrected chi connectivity index (χ0v) is 11.1. The fourth-order valence-corrected chi connectivity index (χ4v) is 2.27. The summed E-state index contributed by atoms with van der Waals surface area (Å²) in [7, 11) is 1.53. The second kappa shape index (κ2) is 5.50. The standard InChI is InChI=1S/C14H17NO5/c1-20-11-5-3-2-4-9(11)14(6-7-14)13(19)15-10(8-16)12(17)18/h2-5,10,16H,6-8H2,1H3,(H,15,19)(H,17,18). The third-order valence-electron chi connectivity index (χ3n) is 3.59. The number of aliphatic carboxylic acids is 1. The normalized spacial score (nSPS) is 17.1. The zero-order valence-electron chi connectivity index (χ0n) is 11.1. The molecule has 3 N–H and O–H groups in total. The Labute approximate surface area is 116 Å². The fraction of sp³-hybridized carbons (Fsp3) is 0.429. The first-order valence-electron chi connectivity index (χ1n) is 6.33. The first-order valence-corrected chi connectivity index (χ1v) is 6.33. The number of hydrogen-bond donors (Lipinski definition) is 3. The fourth-order valence-electron chi connectivity index (χ4n) is 2.27. The first-order chi connectivity index (χ1) is 9.55.